The number of rotatable bonds is 3. The Kier molecular flexibility index (Phi) is 3.84. The lowest BCUT2D eigenvalue weighted by molar-refractivity contribution is 0.0812. The SMILES string of the molecule is C#CCN(C)C(=O)c1ccc(C(C)=O)cc1. The van der Waals surface area contributed by atoms with Crippen LogP contribution in [-0.4, -0.2) is 30.2 Å². The molecule has 0 aromatic heterocycles. The van der Waals surface area contributed by atoms with Gasteiger partial charge in [0.05, 0.1) is 6.54 Å². The topological polar surface area (TPSA) is 37.4 Å². The van der Waals surface area contributed by atoms with E-state index in [0.717, 1.165) is 0 Å². The van der Waals surface area contributed by atoms with Gasteiger partial charge in [-0.2, -0.15) is 0 Å². The van der Waals surface area contributed by atoms with Gasteiger partial charge in [-0.3, -0.25) is 9.59 Å². The van der Waals surface area contributed by atoms with Crippen LogP contribution >= 0.6 is 0 Å². The van der Waals surface area contributed by atoms with Crippen molar-refractivity contribution in [3.05, 3.63) is 35.4 Å². The third-order valence-electron chi connectivity index (χ3n) is 2.21. The molecule has 3 heteroatoms. The molecule has 0 unspecified atom stereocenters. The van der Waals surface area contributed by atoms with Gasteiger partial charge in [-0.05, 0) is 19.1 Å². The third-order valence-corrected chi connectivity index (χ3v) is 2.21. The zero-order chi connectivity index (χ0) is 12.1. The second-order valence-electron chi connectivity index (χ2n) is 3.50. The molecule has 82 valence electrons. The summed E-state index contributed by atoms with van der Waals surface area (Å²) in [6, 6.07) is 6.54. The highest BCUT2D eigenvalue weighted by molar-refractivity contribution is 5.97. The van der Waals surface area contributed by atoms with Crippen LogP contribution in [-0.2, 0) is 0 Å². The number of ketones is 1. The van der Waals surface area contributed by atoms with Crippen LogP contribution < -0.4 is 0 Å². The number of hydrogen-bond acceptors (Lipinski definition) is 2. The lowest BCUT2D eigenvalue weighted by Crippen LogP contribution is -2.26. The van der Waals surface area contributed by atoms with Crippen LogP contribution in [0.5, 0.6) is 0 Å². The van der Waals surface area contributed by atoms with Crippen molar-refractivity contribution >= 4 is 11.7 Å². The van der Waals surface area contributed by atoms with Crippen molar-refractivity contribution in [2.45, 2.75) is 6.92 Å². The van der Waals surface area contributed by atoms with E-state index in [4.69, 9.17) is 6.42 Å². The smallest absolute Gasteiger partial charge is 0.254 e. The molecule has 1 aromatic rings. The summed E-state index contributed by atoms with van der Waals surface area (Å²) in [4.78, 5) is 24.2. The number of amides is 1. The summed E-state index contributed by atoms with van der Waals surface area (Å²) in [5.41, 5.74) is 1.12. The zero-order valence-electron chi connectivity index (χ0n) is 9.36. The molecule has 16 heavy (non-hydrogen) atoms. The first-order valence-corrected chi connectivity index (χ1v) is 4.86. The van der Waals surface area contributed by atoms with E-state index in [1.54, 1.807) is 31.3 Å². The van der Waals surface area contributed by atoms with E-state index in [2.05, 4.69) is 5.92 Å². The first-order valence-electron chi connectivity index (χ1n) is 4.86. The van der Waals surface area contributed by atoms with Gasteiger partial charge >= 0.3 is 0 Å². The predicted octanol–water partition coefficient (Wildman–Crippen LogP) is 1.59. The molecule has 0 saturated heterocycles. The Morgan fingerprint density at radius 1 is 1.25 bits per heavy atom. The number of carbonyl (C=O) groups excluding carboxylic acids is 2. The molecular formula is C13H13NO2. The lowest BCUT2D eigenvalue weighted by Gasteiger charge is -2.13. The molecule has 0 aliphatic heterocycles. The van der Waals surface area contributed by atoms with Crippen LogP contribution in [0.1, 0.15) is 27.6 Å². The van der Waals surface area contributed by atoms with E-state index >= 15 is 0 Å². The van der Waals surface area contributed by atoms with Gasteiger partial charge < -0.3 is 4.90 Å². The molecule has 0 fully saturated rings. The number of terminal acetylenes is 1. The molecular weight excluding hydrogens is 202 g/mol. The Morgan fingerprint density at radius 3 is 2.19 bits per heavy atom. The minimum atomic E-state index is -0.145. The molecule has 0 aliphatic carbocycles. The average Bonchev–Trinajstić information content (AvgIpc) is 2.28. The number of hydrogen-bond donors (Lipinski definition) is 0. The van der Waals surface area contributed by atoms with Gasteiger partial charge in [-0.25, -0.2) is 0 Å². The van der Waals surface area contributed by atoms with Gasteiger partial charge in [0.2, 0.25) is 0 Å². The maximum atomic E-state index is 11.8. The summed E-state index contributed by atoms with van der Waals surface area (Å²) in [5, 5.41) is 0. The Bertz CT molecular complexity index is 440. The normalized spacial score (nSPS) is 9.31. The van der Waals surface area contributed by atoms with Crippen molar-refractivity contribution in [3.63, 3.8) is 0 Å². The second-order valence-corrected chi connectivity index (χ2v) is 3.50. The Morgan fingerprint density at radius 2 is 1.75 bits per heavy atom. The first kappa shape index (κ1) is 12.0. The fraction of sp³-hybridized carbons (Fsp3) is 0.231. The molecule has 0 radical (unpaired) electrons. The van der Waals surface area contributed by atoms with E-state index in [9.17, 15) is 9.59 Å². The molecule has 0 aliphatic rings. The van der Waals surface area contributed by atoms with Crippen molar-refractivity contribution in [2.24, 2.45) is 0 Å². The summed E-state index contributed by atoms with van der Waals surface area (Å²) >= 11 is 0. The molecule has 1 aromatic carbocycles. The monoisotopic (exact) mass is 215 g/mol. The zero-order valence-corrected chi connectivity index (χ0v) is 9.36. The lowest BCUT2D eigenvalue weighted by atomic mass is 10.1. The maximum absolute atomic E-state index is 11.8. The highest BCUT2D eigenvalue weighted by Crippen LogP contribution is 2.07. The van der Waals surface area contributed by atoms with Crippen molar-refractivity contribution in [1.29, 1.82) is 0 Å². The van der Waals surface area contributed by atoms with Crippen LogP contribution in [0.4, 0.5) is 0 Å². The van der Waals surface area contributed by atoms with Crippen LogP contribution in [0.3, 0.4) is 0 Å². The summed E-state index contributed by atoms with van der Waals surface area (Å²) < 4.78 is 0. The molecule has 1 rings (SSSR count). The molecule has 0 N–H and O–H groups in total. The highest BCUT2D eigenvalue weighted by atomic mass is 16.2. The first-order chi connectivity index (χ1) is 7.56. The number of Topliss-reactive ketones (excluding diaryl/α,β-unsaturated/α-hetero) is 1. The number of carbonyl (C=O) groups is 2. The molecule has 0 atom stereocenters. The summed E-state index contributed by atoms with van der Waals surface area (Å²) in [6.45, 7) is 1.76. The van der Waals surface area contributed by atoms with Crippen molar-refractivity contribution in [1.82, 2.24) is 4.90 Å². The van der Waals surface area contributed by atoms with E-state index < -0.39 is 0 Å². The Labute approximate surface area is 95.1 Å². The highest BCUT2D eigenvalue weighted by Gasteiger charge is 2.10. The van der Waals surface area contributed by atoms with E-state index in [1.165, 1.54) is 11.8 Å². The maximum Gasteiger partial charge on any atom is 0.254 e. The molecule has 0 saturated carbocycles. The quantitative estimate of drug-likeness (QED) is 0.567. The van der Waals surface area contributed by atoms with E-state index in [0.29, 0.717) is 11.1 Å². The fourth-order valence-electron chi connectivity index (χ4n) is 1.28. The van der Waals surface area contributed by atoms with Crippen molar-refractivity contribution in [2.75, 3.05) is 13.6 Å². The minimum Gasteiger partial charge on any atom is -0.331 e. The van der Waals surface area contributed by atoms with Crippen LogP contribution in [0.15, 0.2) is 24.3 Å². The van der Waals surface area contributed by atoms with Gasteiger partial charge in [0.1, 0.15) is 0 Å². The van der Waals surface area contributed by atoms with Gasteiger partial charge in [0.25, 0.3) is 5.91 Å². The molecule has 0 heterocycles. The van der Waals surface area contributed by atoms with Crippen molar-refractivity contribution in [3.8, 4) is 12.3 Å². The van der Waals surface area contributed by atoms with Crippen LogP contribution in [0.25, 0.3) is 0 Å². The Balaban J connectivity index is 2.86. The number of benzene rings is 1. The number of nitrogens with zero attached hydrogens (tertiary/aromatic N) is 1. The minimum absolute atomic E-state index is 0.0176. The summed E-state index contributed by atoms with van der Waals surface area (Å²) in [7, 11) is 1.64. The van der Waals surface area contributed by atoms with E-state index in [-0.39, 0.29) is 18.2 Å². The third kappa shape index (κ3) is 2.71. The standard InChI is InChI=1S/C13H13NO2/c1-4-9-14(3)13(16)12-7-5-11(6-8-12)10(2)15/h1,5-8H,9H2,2-3H3. The average molecular weight is 215 g/mol. The van der Waals surface area contributed by atoms with Gasteiger partial charge in [-0.1, -0.05) is 18.1 Å². The van der Waals surface area contributed by atoms with Gasteiger partial charge in [0.15, 0.2) is 5.78 Å². The van der Waals surface area contributed by atoms with Gasteiger partial charge in [0, 0.05) is 18.2 Å². The molecule has 1 amide bonds. The van der Waals surface area contributed by atoms with Crippen molar-refractivity contribution < 1.29 is 9.59 Å². The Hall–Kier alpha value is -2.08. The largest absolute Gasteiger partial charge is 0.331 e. The van der Waals surface area contributed by atoms with E-state index in [1.807, 2.05) is 0 Å². The van der Waals surface area contributed by atoms with Crippen LogP contribution in [0.2, 0.25) is 0 Å². The fourth-order valence-corrected chi connectivity index (χ4v) is 1.28. The predicted molar refractivity (Wildman–Crippen MR) is 62.2 cm³/mol. The second kappa shape index (κ2) is 5.13. The molecule has 0 spiro atoms. The summed E-state index contributed by atoms with van der Waals surface area (Å²) in [6.07, 6.45) is 5.12. The summed E-state index contributed by atoms with van der Waals surface area (Å²) in [5.74, 6) is 2.24. The molecule has 3 nitrogen and oxygen atoms in total. The van der Waals surface area contributed by atoms with Gasteiger partial charge in [-0.15, -0.1) is 6.42 Å². The van der Waals surface area contributed by atoms with Crippen LogP contribution in [0, 0.1) is 12.3 Å². The molecule has 0 bridgehead atoms.